The van der Waals surface area contributed by atoms with Gasteiger partial charge in [0.05, 0.1) is 24.8 Å². The van der Waals surface area contributed by atoms with Crippen LogP contribution in [-0.4, -0.2) is 96.0 Å². The molecule has 0 radical (unpaired) electrons. The van der Waals surface area contributed by atoms with Crippen molar-refractivity contribution in [3.8, 4) is 67.3 Å². The summed E-state index contributed by atoms with van der Waals surface area (Å²) in [6.07, 6.45) is 23.0. The van der Waals surface area contributed by atoms with E-state index in [1.54, 1.807) is 32.6 Å². The van der Waals surface area contributed by atoms with Crippen LogP contribution in [0.3, 0.4) is 0 Å². The van der Waals surface area contributed by atoms with Crippen LogP contribution in [0.2, 0.25) is 0 Å². The lowest BCUT2D eigenvalue weighted by Gasteiger charge is -2.36. The predicted molar refractivity (Wildman–Crippen MR) is 261 cm³/mol. The number of carbonyl (C=O) groups excluding carboxylic acids is 2. The van der Waals surface area contributed by atoms with Crippen LogP contribution in [0.1, 0.15) is 39.5 Å². The van der Waals surface area contributed by atoms with Gasteiger partial charge in [0.25, 0.3) is 0 Å². The number of aromatic nitrogens is 12. The highest BCUT2D eigenvalue weighted by molar-refractivity contribution is 5.79. The van der Waals surface area contributed by atoms with Gasteiger partial charge in [-0.2, -0.15) is 20.4 Å². The first-order valence-corrected chi connectivity index (χ1v) is 22.8. The summed E-state index contributed by atoms with van der Waals surface area (Å²) in [6.45, 7) is 4.55. The lowest BCUT2D eigenvalue weighted by Crippen LogP contribution is -2.41. The molecular weight excluding hydrogens is 857 g/mol. The van der Waals surface area contributed by atoms with Crippen molar-refractivity contribution in [3.63, 3.8) is 0 Å². The molecule has 68 heavy (non-hydrogen) atoms. The van der Waals surface area contributed by atoms with Gasteiger partial charge in [-0.1, -0.05) is 36.4 Å². The van der Waals surface area contributed by atoms with E-state index in [1.807, 2.05) is 114 Å². The Morgan fingerprint density at radius 2 is 0.853 bits per heavy atom. The van der Waals surface area contributed by atoms with Gasteiger partial charge in [-0.3, -0.25) is 28.3 Å². The fourth-order valence-electron chi connectivity index (χ4n) is 8.62. The summed E-state index contributed by atoms with van der Waals surface area (Å²) in [5.74, 6) is 3.93. The molecule has 6 heterocycles. The van der Waals surface area contributed by atoms with Crippen molar-refractivity contribution in [2.75, 3.05) is 23.7 Å². The number of amides is 2. The maximum Gasteiger partial charge on any atom is 0.216 e. The normalized spacial score (nSPS) is 17.3. The van der Waals surface area contributed by atoms with Gasteiger partial charge >= 0.3 is 0 Å². The van der Waals surface area contributed by atoms with E-state index in [4.69, 9.17) is 19.9 Å². The topological polar surface area (TPSA) is 205 Å². The zero-order chi connectivity index (χ0) is 47.3. The van der Waals surface area contributed by atoms with Crippen LogP contribution >= 0.6 is 0 Å². The molecule has 0 unspecified atom stereocenters. The third-order valence-corrected chi connectivity index (χ3v) is 12.4. The maximum atomic E-state index is 11.2. The molecule has 10 rings (SSSR count). The highest BCUT2D eigenvalue weighted by Crippen LogP contribution is 2.36. The monoisotopic (exact) mass is 912 g/mol. The Labute approximate surface area is 394 Å². The van der Waals surface area contributed by atoms with Crippen molar-refractivity contribution in [3.05, 3.63) is 110 Å². The molecule has 2 fully saturated rings. The quantitative estimate of drug-likeness (QED) is 0.0918. The summed E-state index contributed by atoms with van der Waals surface area (Å²) in [4.78, 5) is 41.7. The Morgan fingerprint density at radius 1 is 0.500 bits per heavy atom. The van der Waals surface area contributed by atoms with E-state index in [-0.39, 0.29) is 11.8 Å². The van der Waals surface area contributed by atoms with Crippen molar-refractivity contribution in [2.24, 2.45) is 40.0 Å². The second-order valence-corrected chi connectivity index (χ2v) is 17.9. The van der Waals surface area contributed by atoms with Crippen molar-refractivity contribution < 1.29 is 9.59 Å². The van der Waals surface area contributed by atoms with Crippen molar-refractivity contribution >= 4 is 23.5 Å². The molecule has 0 aliphatic heterocycles. The first kappa shape index (κ1) is 45.1. The average molecular weight is 913 g/mol. The third-order valence-electron chi connectivity index (χ3n) is 12.4. The van der Waals surface area contributed by atoms with Crippen molar-refractivity contribution in [2.45, 2.75) is 51.6 Å². The predicted octanol–water partition coefficient (Wildman–Crippen LogP) is 6.54. The average Bonchev–Trinajstić information content (AvgIpc) is 4.14. The SMILES string of the molecule is CC(=O)NCC1CC(Nc2nc(-c3cccc(-c4cnn(C)c4)c3)ncc2-c2cnn(C)c2)C1.CC(=O)NCC1CC(Nc2nc(-c3cccc(-c4cnn(C)c4)c3)ncc2-c2cnn(C)c2)C1. The van der Waals surface area contributed by atoms with Crippen molar-refractivity contribution in [1.82, 2.24) is 69.7 Å². The Hall–Kier alpha value is -8.02. The standard InChI is InChI=1S/2C25H28N8O/c2*1-16(34)26-10-17-7-22(8-17)30-25-23(21-12-29-33(3)15-21)13-27-24(31-25)19-6-4-5-18(9-19)20-11-28-32(2)14-20/h2*4-6,9,11-15,17,22H,7-8,10H2,1-3H3,(H,26,34)(H,27,30,31). The molecule has 0 atom stereocenters. The first-order chi connectivity index (χ1) is 32.9. The molecule has 18 heteroatoms. The molecule has 2 saturated carbocycles. The fourth-order valence-corrected chi connectivity index (χ4v) is 8.62. The Balaban J connectivity index is 0.000000170. The first-order valence-electron chi connectivity index (χ1n) is 22.8. The minimum absolute atomic E-state index is 0.0178. The summed E-state index contributed by atoms with van der Waals surface area (Å²) in [7, 11) is 7.61. The van der Waals surface area contributed by atoms with Gasteiger partial charge in [0, 0.05) is 149 Å². The molecule has 348 valence electrons. The molecule has 6 aromatic heterocycles. The Kier molecular flexibility index (Phi) is 13.2. The summed E-state index contributed by atoms with van der Waals surface area (Å²) in [6, 6.07) is 17.0. The zero-order valence-electron chi connectivity index (χ0n) is 39.1. The summed E-state index contributed by atoms with van der Waals surface area (Å²) in [5, 5.41) is 30.2. The van der Waals surface area contributed by atoms with Gasteiger partial charge in [-0.05, 0) is 60.8 Å². The second-order valence-electron chi connectivity index (χ2n) is 17.9. The fraction of sp³-hybridized carbons (Fsp3) is 0.320. The number of benzene rings is 2. The Bertz CT molecular complexity index is 2840. The molecule has 2 aromatic carbocycles. The number of hydrogen-bond acceptors (Lipinski definition) is 12. The van der Waals surface area contributed by atoms with E-state index >= 15 is 0 Å². The molecule has 0 spiro atoms. The Morgan fingerprint density at radius 3 is 1.19 bits per heavy atom. The number of aryl methyl sites for hydroxylation is 4. The molecule has 2 aliphatic rings. The molecule has 0 bridgehead atoms. The summed E-state index contributed by atoms with van der Waals surface area (Å²) < 4.78 is 7.14. The van der Waals surface area contributed by atoms with Crippen LogP contribution in [0.5, 0.6) is 0 Å². The van der Waals surface area contributed by atoms with Crippen LogP contribution in [-0.2, 0) is 37.8 Å². The minimum Gasteiger partial charge on any atom is -0.367 e. The lowest BCUT2D eigenvalue weighted by atomic mass is 9.80. The van der Waals surface area contributed by atoms with Gasteiger partial charge in [0.2, 0.25) is 11.8 Å². The largest absolute Gasteiger partial charge is 0.367 e. The summed E-state index contributed by atoms with van der Waals surface area (Å²) >= 11 is 0. The van der Waals surface area contributed by atoms with E-state index in [0.717, 1.165) is 106 Å². The third kappa shape index (κ3) is 10.8. The number of hydrogen-bond donors (Lipinski definition) is 4. The van der Waals surface area contributed by atoms with E-state index in [1.165, 1.54) is 0 Å². The molecular formula is C50H56N16O2. The van der Waals surface area contributed by atoms with Gasteiger partial charge in [-0.25, -0.2) is 19.9 Å². The lowest BCUT2D eigenvalue weighted by molar-refractivity contribution is -0.120. The highest BCUT2D eigenvalue weighted by atomic mass is 16.2. The van der Waals surface area contributed by atoms with Gasteiger partial charge in [0.1, 0.15) is 11.6 Å². The van der Waals surface area contributed by atoms with E-state index in [0.29, 0.717) is 35.6 Å². The number of nitrogens with one attached hydrogen (secondary N) is 4. The number of carbonyl (C=O) groups is 2. The molecule has 2 aliphatic carbocycles. The van der Waals surface area contributed by atoms with Crippen LogP contribution in [0.25, 0.3) is 67.3 Å². The number of nitrogens with zero attached hydrogens (tertiary/aromatic N) is 12. The van der Waals surface area contributed by atoms with Gasteiger partial charge in [-0.15, -0.1) is 0 Å². The van der Waals surface area contributed by atoms with Crippen LogP contribution in [0.4, 0.5) is 11.6 Å². The molecule has 18 nitrogen and oxygen atoms in total. The smallest absolute Gasteiger partial charge is 0.216 e. The minimum atomic E-state index is 0.0178. The zero-order valence-corrected chi connectivity index (χ0v) is 39.1. The van der Waals surface area contributed by atoms with Gasteiger partial charge < -0.3 is 21.3 Å². The van der Waals surface area contributed by atoms with Crippen LogP contribution in [0.15, 0.2) is 110 Å². The molecule has 2 amide bonds. The van der Waals surface area contributed by atoms with E-state index in [2.05, 4.69) is 65.9 Å². The van der Waals surface area contributed by atoms with Crippen LogP contribution < -0.4 is 21.3 Å². The highest BCUT2D eigenvalue weighted by Gasteiger charge is 2.31. The maximum absolute atomic E-state index is 11.2. The number of anilines is 2. The number of rotatable bonds is 14. The molecule has 4 N–H and O–H groups in total. The van der Waals surface area contributed by atoms with Gasteiger partial charge in [0.15, 0.2) is 11.6 Å². The second kappa shape index (κ2) is 19.8. The summed E-state index contributed by atoms with van der Waals surface area (Å²) in [5.41, 5.74) is 9.91. The van der Waals surface area contributed by atoms with E-state index in [9.17, 15) is 9.59 Å². The molecule has 0 saturated heterocycles. The van der Waals surface area contributed by atoms with E-state index < -0.39 is 0 Å². The molecule has 8 aromatic rings. The van der Waals surface area contributed by atoms with Crippen molar-refractivity contribution in [1.29, 1.82) is 0 Å². The van der Waals surface area contributed by atoms with Crippen LogP contribution in [0, 0.1) is 11.8 Å².